The fourth-order valence-electron chi connectivity index (χ4n) is 2.18. The summed E-state index contributed by atoms with van der Waals surface area (Å²) in [6, 6.07) is 13.9. The van der Waals surface area contributed by atoms with Crippen LogP contribution in [0.2, 0.25) is 0 Å². The Bertz CT molecular complexity index is 699. The molecule has 0 aliphatic carbocycles. The third-order valence-corrected chi connectivity index (χ3v) is 3.23. The second-order valence-electron chi connectivity index (χ2n) is 4.52. The average Bonchev–Trinajstić information content (AvgIpc) is 2.82. The maximum atomic E-state index is 9.89. The third-order valence-electron chi connectivity index (χ3n) is 3.23. The second-order valence-corrected chi connectivity index (χ2v) is 4.52. The molecular weight excluding hydrogens is 254 g/mol. The van der Waals surface area contributed by atoms with Gasteiger partial charge < -0.3 is 14.7 Å². The van der Waals surface area contributed by atoms with E-state index in [0.717, 1.165) is 5.56 Å². The number of hydrogen-bond acceptors (Lipinski definition) is 4. The number of nitrogens with zero attached hydrogens (tertiary/aromatic N) is 1. The number of phenolic OH excluding ortho intramolecular Hbond substituents is 2. The predicted octanol–water partition coefficient (Wildman–Crippen LogP) is 3.73. The van der Waals surface area contributed by atoms with Crippen molar-refractivity contribution in [2.45, 2.75) is 6.92 Å². The molecule has 0 saturated heterocycles. The zero-order chi connectivity index (χ0) is 14.1. The van der Waals surface area contributed by atoms with Crippen molar-refractivity contribution in [3.05, 3.63) is 54.1 Å². The molecule has 0 bridgehead atoms. The van der Waals surface area contributed by atoms with Crippen LogP contribution in [-0.4, -0.2) is 15.4 Å². The predicted molar refractivity (Wildman–Crippen MR) is 75.4 cm³/mol. The Kier molecular flexibility index (Phi) is 2.91. The van der Waals surface area contributed by atoms with Gasteiger partial charge >= 0.3 is 0 Å². The van der Waals surface area contributed by atoms with Crippen LogP contribution in [0.25, 0.3) is 22.6 Å². The molecule has 20 heavy (non-hydrogen) atoms. The fraction of sp³-hybridized carbons (Fsp3) is 0.0625. The molecule has 0 unspecified atom stereocenters. The number of phenols is 2. The summed E-state index contributed by atoms with van der Waals surface area (Å²) in [7, 11) is 0. The Morgan fingerprint density at radius 1 is 0.850 bits per heavy atom. The van der Waals surface area contributed by atoms with E-state index in [9.17, 15) is 10.2 Å². The van der Waals surface area contributed by atoms with Gasteiger partial charge in [-0.05, 0) is 31.2 Å². The molecule has 0 atom stereocenters. The molecule has 0 fully saturated rings. The van der Waals surface area contributed by atoms with E-state index in [1.54, 1.807) is 36.4 Å². The summed E-state index contributed by atoms with van der Waals surface area (Å²) in [4.78, 5) is 0. The highest BCUT2D eigenvalue weighted by atomic mass is 16.5. The Morgan fingerprint density at radius 2 is 1.40 bits per heavy atom. The maximum absolute atomic E-state index is 9.89. The third kappa shape index (κ3) is 1.91. The van der Waals surface area contributed by atoms with Crippen molar-refractivity contribution in [3.63, 3.8) is 0 Å². The molecule has 2 N–H and O–H groups in total. The lowest BCUT2D eigenvalue weighted by Gasteiger charge is -2.02. The summed E-state index contributed by atoms with van der Waals surface area (Å²) in [6.45, 7) is 1.85. The number of aromatic nitrogens is 1. The topological polar surface area (TPSA) is 66.5 Å². The van der Waals surface area contributed by atoms with Crippen molar-refractivity contribution >= 4 is 0 Å². The summed E-state index contributed by atoms with van der Waals surface area (Å²) < 4.78 is 5.35. The molecule has 0 aliphatic rings. The summed E-state index contributed by atoms with van der Waals surface area (Å²) >= 11 is 0. The first-order valence-corrected chi connectivity index (χ1v) is 6.21. The summed E-state index contributed by atoms with van der Waals surface area (Å²) in [5, 5.41) is 23.8. The van der Waals surface area contributed by atoms with Gasteiger partial charge in [0.05, 0.1) is 5.56 Å². The monoisotopic (exact) mass is 267 g/mol. The lowest BCUT2D eigenvalue weighted by Crippen LogP contribution is -1.83. The minimum Gasteiger partial charge on any atom is -0.507 e. The maximum Gasteiger partial charge on any atom is 0.174 e. The SMILES string of the molecule is Cc1c(-c2ccccc2O)noc1-c1ccccc1O. The van der Waals surface area contributed by atoms with Crippen LogP contribution in [0.3, 0.4) is 0 Å². The van der Waals surface area contributed by atoms with Crippen LogP contribution >= 0.6 is 0 Å². The van der Waals surface area contributed by atoms with E-state index in [0.29, 0.717) is 22.6 Å². The van der Waals surface area contributed by atoms with Gasteiger partial charge in [-0.15, -0.1) is 0 Å². The van der Waals surface area contributed by atoms with Gasteiger partial charge in [0.1, 0.15) is 17.2 Å². The van der Waals surface area contributed by atoms with Gasteiger partial charge in [0.2, 0.25) is 0 Å². The summed E-state index contributed by atoms with van der Waals surface area (Å²) in [5.74, 6) is 0.782. The lowest BCUT2D eigenvalue weighted by molar-refractivity contribution is 0.426. The number of benzene rings is 2. The van der Waals surface area contributed by atoms with Crippen LogP contribution in [0.15, 0.2) is 53.1 Å². The van der Waals surface area contributed by atoms with Crippen LogP contribution in [0.5, 0.6) is 11.5 Å². The number of para-hydroxylation sites is 2. The molecule has 0 saturated carbocycles. The molecule has 4 nitrogen and oxygen atoms in total. The highest BCUT2D eigenvalue weighted by Gasteiger charge is 2.19. The van der Waals surface area contributed by atoms with Gasteiger partial charge in [-0.2, -0.15) is 0 Å². The highest BCUT2D eigenvalue weighted by molar-refractivity contribution is 5.77. The zero-order valence-corrected chi connectivity index (χ0v) is 10.9. The smallest absolute Gasteiger partial charge is 0.174 e. The first kappa shape index (κ1) is 12.3. The van der Waals surface area contributed by atoms with Gasteiger partial charge in [0, 0.05) is 11.1 Å². The Hall–Kier alpha value is -2.75. The van der Waals surface area contributed by atoms with Gasteiger partial charge in [0.15, 0.2) is 5.76 Å². The van der Waals surface area contributed by atoms with Gasteiger partial charge in [-0.25, -0.2) is 0 Å². The van der Waals surface area contributed by atoms with Crippen LogP contribution in [0.1, 0.15) is 5.56 Å². The van der Waals surface area contributed by atoms with E-state index in [1.165, 1.54) is 0 Å². The second kappa shape index (κ2) is 4.74. The fourth-order valence-corrected chi connectivity index (χ4v) is 2.18. The van der Waals surface area contributed by atoms with Gasteiger partial charge in [0.25, 0.3) is 0 Å². The molecule has 0 spiro atoms. The van der Waals surface area contributed by atoms with Crippen molar-refractivity contribution in [1.29, 1.82) is 0 Å². The first-order valence-electron chi connectivity index (χ1n) is 6.21. The van der Waals surface area contributed by atoms with Crippen LogP contribution in [-0.2, 0) is 0 Å². The van der Waals surface area contributed by atoms with Crippen molar-refractivity contribution in [1.82, 2.24) is 5.16 Å². The standard InChI is InChI=1S/C16H13NO3/c1-10-15(11-6-2-4-8-13(11)18)17-20-16(10)12-7-3-5-9-14(12)19/h2-9,18-19H,1H3. The van der Waals surface area contributed by atoms with Crippen LogP contribution < -0.4 is 0 Å². The molecule has 0 amide bonds. The molecular formula is C16H13NO3. The van der Waals surface area contributed by atoms with E-state index >= 15 is 0 Å². The normalized spacial score (nSPS) is 10.7. The minimum absolute atomic E-state index is 0.135. The Morgan fingerprint density at radius 3 is 2.00 bits per heavy atom. The molecule has 4 heteroatoms. The number of rotatable bonds is 2. The Labute approximate surface area is 115 Å². The number of aromatic hydroxyl groups is 2. The van der Waals surface area contributed by atoms with Crippen molar-refractivity contribution < 1.29 is 14.7 Å². The minimum atomic E-state index is 0.135. The highest BCUT2D eigenvalue weighted by Crippen LogP contribution is 2.37. The molecule has 2 aromatic carbocycles. The molecule has 1 aromatic heterocycles. The van der Waals surface area contributed by atoms with Gasteiger partial charge in [-0.1, -0.05) is 29.4 Å². The lowest BCUT2D eigenvalue weighted by atomic mass is 10.0. The molecule has 0 radical (unpaired) electrons. The van der Waals surface area contributed by atoms with Crippen LogP contribution in [0, 0.1) is 6.92 Å². The van der Waals surface area contributed by atoms with E-state index in [4.69, 9.17) is 4.52 Å². The molecule has 3 aromatic rings. The van der Waals surface area contributed by atoms with E-state index < -0.39 is 0 Å². The number of hydrogen-bond donors (Lipinski definition) is 2. The van der Waals surface area contributed by atoms with Crippen molar-refractivity contribution in [2.75, 3.05) is 0 Å². The van der Waals surface area contributed by atoms with Crippen LogP contribution in [0.4, 0.5) is 0 Å². The molecule has 1 heterocycles. The van der Waals surface area contributed by atoms with E-state index in [-0.39, 0.29) is 11.5 Å². The van der Waals surface area contributed by atoms with Crippen molar-refractivity contribution in [3.8, 4) is 34.1 Å². The summed E-state index contributed by atoms with van der Waals surface area (Å²) in [5.41, 5.74) is 2.53. The molecule has 3 rings (SSSR count). The van der Waals surface area contributed by atoms with Crippen molar-refractivity contribution in [2.24, 2.45) is 0 Å². The quantitative estimate of drug-likeness (QED) is 0.742. The first-order chi connectivity index (χ1) is 9.68. The largest absolute Gasteiger partial charge is 0.507 e. The summed E-state index contributed by atoms with van der Waals surface area (Å²) in [6.07, 6.45) is 0. The zero-order valence-electron chi connectivity index (χ0n) is 10.9. The van der Waals surface area contributed by atoms with E-state index in [1.807, 2.05) is 19.1 Å². The van der Waals surface area contributed by atoms with Gasteiger partial charge in [-0.3, -0.25) is 0 Å². The molecule has 0 aliphatic heterocycles. The van der Waals surface area contributed by atoms with E-state index in [2.05, 4.69) is 5.16 Å². The Balaban J connectivity index is 2.15. The molecule has 100 valence electrons. The average molecular weight is 267 g/mol.